The van der Waals surface area contributed by atoms with E-state index in [0.29, 0.717) is 0 Å². The van der Waals surface area contributed by atoms with Crippen molar-refractivity contribution in [3.63, 3.8) is 0 Å². The van der Waals surface area contributed by atoms with Gasteiger partial charge in [-0.15, -0.1) is 0 Å². The van der Waals surface area contributed by atoms with Gasteiger partial charge >= 0.3 is 0 Å². The van der Waals surface area contributed by atoms with E-state index in [4.69, 9.17) is 0 Å². The van der Waals surface area contributed by atoms with E-state index in [9.17, 15) is 5.11 Å². The minimum atomic E-state index is -0.277. The molecule has 3 rings (SSSR count). The summed E-state index contributed by atoms with van der Waals surface area (Å²) in [6.45, 7) is 4.25. The Labute approximate surface area is 108 Å². The smallest absolute Gasteiger partial charge is 0.0807 e. The zero-order chi connectivity index (χ0) is 12.7. The van der Waals surface area contributed by atoms with E-state index in [1.54, 1.807) is 0 Å². The number of aliphatic hydroxyl groups is 1. The highest BCUT2D eigenvalue weighted by atomic mass is 16.3. The van der Waals surface area contributed by atoms with Crippen molar-refractivity contribution in [2.45, 2.75) is 39.2 Å². The van der Waals surface area contributed by atoms with Gasteiger partial charge in [0.05, 0.1) is 6.10 Å². The highest BCUT2D eigenvalue weighted by Crippen LogP contribution is 2.32. The van der Waals surface area contributed by atoms with E-state index in [1.165, 1.54) is 22.5 Å². The van der Waals surface area contributed by atoms with Crippen molar-refractivity contribution in [3.8, 4) is 5.69 Å². The molecule has 0 radical (unpaired) electrons. The number of hydrogen-bond donors (Lipinski definition) is 1. The highest BCUT2D eigenvalue weighted by Gasteiger charge is 2.21. The molecular weight excluding hydrogens is 222 g/mol. The third kappa shape index (κ3) is 1.87. The van der Waals surface area contributed by atoms with Crippen molar-refractivity contribution in [3.05, 3.63) is 52.8 Å². The topological polar surface area (TPSA) is 25.2 Å². The zero-order valence-electron chi connectivity index (χ0n) is 11.0. The van der Waals surface area contributed by atoms with Crippen LogP contribution in [0.15, 0.2) is 30.5 Å². The van der Waals surface area contributed by atoms with Gasteiger partial charge in [0.15, 0.2) is 0 Å². The Morgan fingerprint density at radius 2 is 1.89 bits per heavy atom. The number of nitrogens with zero attached hydrogens (tertiary/aromatic N) is 1. The molecule has 18 heavy (non-hydrogen) atoms. The summed E-state index contributed by atoms with van der Waals surface area (Å²) >= 11 is 0. The Kier molecular flexibility index (Phi) is 2.75. The highest BCUT2D eigenvalue weighted by molar-refractivity contribution is 5.44. The molecule has 0 bridgehead atoms. The predicted molar refractivity (Wildman–Crippen MR) is 73.1 cm³/mol. The van der Waals surface area contributed by atoms with Crippen LogP contribution in [0.3, 0.4) is 0 Å². The van der Waals surface area contributed by atoms with Gasteiger partial charge in [-0.3, -0.25) is 0 Å². The monoisotopic (exact) mass is 241 g/mol. The maximum absolute atomic E-state index is 10.0. The first kappa shape index (κ1) is 11.5. The third-order valence-electron chi connectivity index (χ3n) is 3.76. The summed E-state index contributed by atoms with van der Waals surface area (Å²) in [4.78, 5) is 0. The first-order valence-electron chi connectivity index (χ1n) is 6.62. The van der Waals surface area contributed by atoms with Crippen LogP contribution in [0.1, 0.15) is 41.3 Å². The summed E-state index contributed by atoms with van der Waals surface area (Å²) in [6.07, 6.45) is 4.84. The van der Waals surface area contributed by atoms with Crippen molar-refractivity contribution in [1.82, 2.24) is 4.57 Å². The van der Waals surface area contributed by atoms with Gasteiger partial charge in [0.1, 0.15) is 0 Å². The first-order chi connectivity index (χ1) is 8.65. The molecule has 2 aromatic rings. The first-order valence-corrected chi connectivity index (χ1v) is 6.62. The van der Waals surface area contributed by atoms with Crippen LogP contribution in [0.2, 0.25) is 0 Å². The fraction of sp³-hybridized carbons (Fsp3) is 0.375. The largest absolute Gasteiger partial charge is 0.388 e. The molecule has 2 nitrogen and oxygen atoms in total. The van der Waals surface area contributed by atoms with Crippen LogP contribution in [0.5, 0.6) is 0 Å². The molecule has 1 aliphatic carbocycles. The molecule has 1 unspecified atom stereocenters. The lowest BCUT2D eigenvalue weighted by molar-refractivity contribution is 0.156. The van der Waals surface area contributed by atoms with Gasteiger partial charge in [-0.1, -0.05) is 6.07 Å². The lowest BCUT2D eigenvalue weighted by Crippen LogP contribution is -2.11. The quantitative estimate of drug-likeness (QED) is 0.812. The molecule has 0 saturated carbocycles. The van der Waals surface area contributed by atoms with Crippen LogP contribution < -0.4 is 0 Å². The number of fused-ring (bicyclic) bond motifs is 1. The van der Waals surface area contributed by atoms with Crippen LogP contribution in [0.4, 0.5) is 0 Å². The normalized spacial score (nSPS) is 18.7. The minimum Gasteiger partial charge on any atom is -0.388 e. The Morgan fingerprint density at radius 1 is 1.17 bits per heavy atom. The SMILES string of the molecule is Cc1cc(C)cc(-n2ccc3c2CCCC3O)c1. The molecule has 0 fully saturated rings. The second-order valence-corrected chi connectivity index (χ2v) is 5.34. The predicted octanol–water partition coefficient (Wildman–Crippen LogP) is 3.46. The fourth-order valence-electron chi connectivity index (χ4n) is 3.00. The molecular formula is C16H19NO. The summed E-state index contributed by atoms with van der Waals surface area (Å²) < 4.78 is 2.23. The summed E-state index contributed by atoms with van der Waals surface area (Å²) in [7, 11) is 0. The molecule has 0 amide bonds. The second kappa shape index (κ2) is 4.29. The Morgan fingerprint density at radius 3 is 2.61 bits per heavy atom. The van der Waals surface area contributed by atoms with Crippen molar-refractivity contribution < 1.29 is 5.11 Å². The molecule has 1 heterocycles. The van der Waals surface area contributed by atoms with E-state index >= 15 is 0 Å². The second-order valence-electron chi connectivity index (χ2n) is 5.34. The molecule has 94 valence electrons. The average Bonchev–Trinajstić information content (AvgIpc) is 2.73. The van der Waals surface area contributed by atoms with Gasteiger partial charge in [0.25, 0.3) is 0 Å². The Hall–Kier alpha value is -1.54. The summed E-state index contributed by atoms with van der Waals surface area (Å²) in [6, 6.07) is 8.66. The van der Waals surface area contributed by atoms with Gasteiger partial charge in [-0.2, -0.15) is 0 Å². The van der Waals surface area contributed by atoms with Gasteiger partial charge in [-0.25, -0.2) is 0 Å². The molecule has 0 aliphatic heterocycles. The van der Waals surface area contributed by atoms with Crippen LogP contribution in [0.25, 0.3) is 5.69 Å². The van der Waals surface area contributed by atoms with E-state index in [-0.39, 0.29) is 6.10 Å². The lowest BCUT2D eigenvalue weighted by Gasteiger charge is -2.20. The van der Waals surface area contributed by atoms with Gasteiger partial charge in [0.2, 0.25) is 0 Å². The van der Waals surface area contributed by atoms with Crippen LogP contribution in [0, 0.1) is 13.8 Å². The van der Waals surface area contributed by atoms with E-state index < -0.39 is 0 Å². The molecule has 0 spiro atoms. The van der Waals surface area contributed by atoms with Crippen molar-refractivity contribution in [1.29, 1.82) is 0 Å². The summed E-state index contributed by atoms with van der Waals surface area (Å²) in [5, 5.41) is 10.0. The van der Waals surface area contributed by atoms with E-state index in [1.807, 2.05) is 0 Å². The molecule has 1 aromatic carbocycles. The maximum Gasteiger partial charge on any atom is 0.0807 e. The molecule has 2 heteroatoms. The van der Waals surface area contributed by atoms with E-state index in [0.717, 1.165) is 24.8 Å². The van der Waals surface area contributed by atoms with Crippen molar-refractivity contribution >= 4 is 0 Å². The van der Waals surface area contributed by atoms with Gasteiger partial charge in [-0.05, 0) is 62.4 Å². The van der Waals surface area contributed by atoms with E-state index in [2.05, 4.69) is 48.9 Å². The molecule has 0 saturated heterocycles. The average molecular weight is 241 g/mol. The molecule has 1 aliphatic rings. The van der Waals surface area contributed by atoms with Crippen LogP contribution >= 0.6 is 0 Å². The minimum absolute atomic E-state index is 0.277. The molecule has 1 aromatic heterocycles. The molecule has 1 atom stereocenters. The van der Waals surface area contributed by atoms with Crippen LogP contribution in [-0.4, -0.2) is 9.67 Å². The number of rotatable bonds is 1. The van der Waals surface area contributed by atoms with Crippen molar-refractivity contribution in [2.75, 3.05) is 0 Å². The number of aromatic nitrogens is 1. The Balaban J connectivity index is 2.12. The van der Waals surface area contributed by atoms with Crippen molar-refractivity contribution in [2.24, 2.45) is 0 Å². The van der Waals surface area contributed by atoms with Crippen LogP contribution in [-0.2, 0) is 6.42 Å². The standard InChI is InChI=1S/C16H19NO/c1-11-8-12(2)10-13(9-11)17-7-6-14-15(17)4-3-5-16(14)18/h6-10,16,18H,3-5H2,1-2H3. The number of hydrogen-bond acceptors (Lipinski definition) is 1. The van der Waals surface area contributed by atoms with Gasteiger partial charge in [0, 0.05) is 23.1 Å². The molecule has 1 N–H and O–H groups in total. The number of aryl methyl sites for hydroxylation is 2. The lowest BCUT2D eigenvalue weighted by atomic mass is 9.95. The summed E-state index contributed by atoms with van der Waals surface area (Å²) in [5.41, 5.74) is 6.16. The zero-order valence-corrected chi connectivity index (χ0v) is 11.0. The summed E-state index contributed by atoms with van der Waals surface area (Å²) in [5.74, 6) is 0. The fourth-order valence-corrected chi connectivity index (χ4v) is 3.00. The third-order valence-corrected chi connectivity index (χ3v) is 3.76. The number of aliphatic hydroxyl groups excluding tert-OH is 1. The number of benzene rings is 1. The Bertz CT molecular complexity index is 563. The maximum atomic E-state index is 10.0. The van der Waals surface area contributed by atoms with Gasteiger partial charge < -0.3 is 9.67 Å².